The number of benzene rings is 2. The summed E-state index contributed by atoms with van der Waals surface area (Å²) in [5.74, 6) is 7.27. The van der Waals surface area contributed by atoms with Crippen LogP contribution in [0, 0.1) is 17.8 Å². The van der Waals surface area contributed by atoms with Gasteiger partial charge in [0.25, 0.3) is 0 Å². The fraction of sp³-hybridized carbons (Fsp3) is 0.516. The van der Waals surface area contributed by atoms with Crippen molar-refractivity contribution in [1.29, 1.82) is 0 Å². The lowest BCUT2D eigenvalue weighted by atomic mass is 10.1. The second-order valence-corrected chi connectivity index (χ2v) is 9.00. The summed E-state index contributed by atoms with van der Waals surface area (Å²) >= 11 is 0. The normalized spacial score (nSPS) is 11.4. The number of carbonyl (C=O) groups excluding carboxylic acids is 1. The summed E-state index contributed by atoms with van der Waals surface area (Å²) in [5, 5.41) is 0. The zero-order chi connectivity index (χ0) is 24.3. The first-order chi connectivity index (χ1) is 16.7. The monoisotopic (exact) mass is 462 g/mol. The maximum atomic E-state index is 11.6. The van der Waals surface area contributed by atoms with Gasteiger partial charge in [0.05, 0.1) is 19.1 Å². The molecule has 0 radical (unpaired) electrons. The zero-order valence-electron chi connectivity index (χ0n) is 21.2. The minimum absolute atomic E-state index is 0.0313. The molecule has 34 heavy (non-hydrogen) atoms. The average molecular weight is 463 g/mol. The topological polar surface area (TPSA) is 35.5 Å². The fourth-order valence-electron chi connectivity index (χ4n) is 3.59. The van der Waals surface area contributed by atoms with Crippen LogP contribution in [-0.4, -0.2) is 19.2 Å². The molecular weight excluding hydrogens is 420 g/mol. The molecule has 184 valence electrons. The van der Waals surface area contributed by atoms with E-state index in [1.165, 1.54) is 44.9 Å². The predicted molar refractivity (Wildman–Crippen MR) is 141 cm³/mol. The fourth-order valence-corrected chi connectivity index (χ4v) is 3.59. The average Bonchev–Trinajstić information content (AvgIpc) is 2.88. The molecule has 0 fully saturated rings. The molecule has 3 nitrogen and oxygen atoms in total. The van der Waals surface area contributed by atoms with Crippen molar-refractivity contribution in [3.8, 4) is 17.6 Å². The highest BCUT2D eigenvalue weighted by atomic mass is 16.5. The van der Waals surface area contributed by atoms with Gasteiger partial charge in [0, 0.05) is 11.1 Å². The van der Waals surface area contributed by atoms with Crippen LogP contribution in [0.25, 0.3) is 0 Å². The SMILES string of the molecule is CCC(C)C(=O)OCCCCCCCCCCCCOc1ccc(C#Cc2ccccc2)cc1. The third-order valence-corrected chi connectivity index (χ3v) is 6.05. The van der Waals surface area contributed by atoms with Crippen molar-refractivity contribution >= 4 is 5.97 Å². The largest absolute Gasteiger partial charge is 0.494 e. The third kappa shape index (κ3) is 12.5. The van der Waals surface area contributed by atoms with Crippen molar-refractivity contribution in [2.75, 3.05) is 13.2 Å². The Balaban J connectivity index is 1.40. The van der Waals surface area contributed by atoms with E-state index in [0.717, 1.165) is 49.2 Å². The molecule has 0 heterocycles. The Morgan fingerprint density at radius 1 is 0.706 bits per heavy atom. The van der Waals surface area contributed by atoms with Crippen LogP contribution in [0.4, 0.5) is 0 Å². The molecule has 2 aromatic carbocycles. The Labute approximate surface area is 207 Å². The molecule has 2 rings (SSSR count). The molecule has 0 aliphatic carbocycles. The minimum Gasteiger partial charge on any atom is -0.494 e. The van der Waals surface area contributed by atoms with Crippen molar-refractivity contribution in [2.24, 2.45) is 5.92 Å². The molecule has 0 aliphatic heterocycles. The van der Waals surface area contributed by atoms with E-state index in [-0.39, 0.29) is 11.9 Å². The van der Waals surface area contributed by atoms with E-state index in [2.05, 4.69) is 11.8 Å². The predicted octanol–water partition coefficient (Wildman–Crippen LogP) is 7.96. The van der Waals surface area contributed by atoms with Crippen LogP contribution in [0.2, 0.25) is 0 Å². The number of rotatable bonds is 16. The molecular formula is C31H42O3. The van der Waals surface area contributed by atoms with Crippen molar-refractivity contribution in [3.63, 3.8) is 0 Å². The van der Waals surface area contributed by atoms with E-state index < -0.39 is 0 Å². The lowest BCUT2D eigenvalue weighted by molar-refractivity contribution is -0.148. The van der Waals surface area contributed by atoms with Gasteiger partial charge in [0.15, 0.2) is 0 Å². The van der Waals surface area contributed by atoms with Gasteiger partial charge in [0.2, 0.25) is 0 Å². The first-order valence-corrected chi connectivity index (χ1v) is 13.2. The summed E-state index contributed by atoms with van der Waals surface area (Å²) in [4.78, 5) is 11.6. The lowest BCUT2D eigenvalue weighted by Gasteiger charge is -2.09. The van der Waals surface area contributed by atoms with Crippen molar-refractivity contribution in [2.45, 2.75) is 84.5 Å². The van der Waals surface area contributed by atoms with E-state index in [9.17, 15) is 4.79 Å². The molecule has 1 unspecified atom stereocenters. The quantitative estimate of drug-likeness (QED) is 0.144. The standard InChI is InChI=1S/C31H42O3/c1-3-27(2)31(32)34-26-16-11-9-7-5-4-6-8-10-15-25-33-30-23-21-29(22-24-30)20-19-28-17-13-12-14-18-28/h12-14,17-18,21-24,27H,3-11,15-16,25-26H2,1-2H3. The number of hydrogen-bond acceptors (Lipinski definition) is 3. The highest BCUT2D eigenvalue weighted by Crippen LogP contribution is 2.14. The molecule has 0 saturated heterocycles. The second-order valence-electron chi connectivity index (χ2n) is 9.00. The van der Waals surface area contributed by atoms with E-state index >= 15 is 0 Å². The summed E-state index contributed by atoms with van der Waals surface area (Å²) in [6.07, 6.45) is 13.1. The third-order valence-electron chi connectivity index (χ3n) is 6.05. The van der Waals surface area contributed by atoms with Crippen LogP contribution >= 0.6 is 0 Å². The Morgan fingerprint density at radius 2 is 1.21 bits per heavy atom. The summed E-state index contributed by atoms with van der Waals surface area (Å²) in [7, 11) is 0. The summed E-state index contributed by atoms with van der Waals surface area (Å²) < 4.78 is 11.2. The van der Waals surface area contributed by atoms with E-state index in [1.807, 2.05) is 68.4 Å². The van der Waals surface area contributed by atoms with E-state index in [4.69, 9.17) is 9.47 Å². The van der Waals surface area contributed by atoms with Gasteiger partial charge >= 0.3 is 5.97 Å². The van der Waals surface area contributed by atoms with Crippen LogP contribution in [-0.2, 0) is 9.53 Å². The van der Waals surface area contributed by atoms with Crippen molar-refractivity contribution in [3.05, 3.63) is 65.7 Å². The first kappa shape index (κ1) is 27.5. The minimum atomic E-state index is -0.0461. The molecule has 0 aliphatic rings. The first-order valence-electron chi connectivity index (χ1n) is 13.2. The Morgan fingerprint density at radius 3 is 1.76 bits per heavy atom. The second kappa shape index (κ2) is 17.7. The van der Waals surface area contributed by atoms with Crippen molar-refractivity contribution < 1.29 is 14.3 Å². The van der Waals surface area contributed by atoms with Gasteiger partial charge < -0.3 is 9.47 Å². The van der Waals surface area contributed by atoms with Crippen LogP contribution in [0.3, 0.4) is 0 Å². The summed E-state index contributed by atoms with van der Waals surface area (Å²) in [6.45, 7) is 5.30. The summed E-state index contributed by atoms with van der Waals surface area (Å²) in [6, 6.07) is 18.1. The zero-order valence-corrected chi connectivity index (χ0v) is 21.2. The van der Waals surface area contributed by atoms with Crippen LogP contribution < -0.4 is 4.74 Å². The van der Waals surface area contributed by atoms with Gasteiger partial charge in [-0.3, -0.25) is 4.79 Å². The Bertz CT molecular complexity index is 846. The van der Waals surface area contributed by atoms with Gasteiger partial charge in [-0.15, -0.1) is 0 Å². The van der Waals surface area contributed by atoms with Gasteiger partial charge in [-0.05, 0) is 55.7 Å². The van der Waals surface area contributed by atoms with E-state index in [1.54, 1.807) is 0 Å². The van der Waals surface area contributed by atoms with Crippen molar-refractivity contribution in [1.82, 2.24) is 0 Å². The number of hydrogen-bond donors (Lipinski definition) is 0. The smallest absolute Gasteiger partial charge is 0.308 e. The molecule has 0 aromatic heterocycles. The van der Waals surface area contributed by atoms with Gasteiger partial charge in [-0.1, -0.05) is 95.3 Å². The molecule has 0 amide bonds. The molecule has 0 bridgehead atoms. The molecule has 2 aromatic rings. The highest BCUT2D eigenvalue weighted by molar-refractivity contribution is 5.71. The van der Waals surface area contributed by atoms with Crippen LogP contribution in [0.15, 0.2) is 54.6 Å². The Hall–Kier alpha value is -2.73. The summed E-state index contributed by atoms with van der Waals surface area (Å²) in [5.41, 5.74) is 2.03. The number of esters is 1. The van der Waals surface area contributed by atoms with E-state index in [0.29, 0.717) is 6.61 Å². The molecule has 1 atom stereocenters. The molecule has 0 spiro atoms. The van der Waals surface area contributed by atoms with Gasteiger partial charge in [-0.25, -0.2) is 0 Å². The van der Waals surface area contributed by atoms with Gasteiger partial charge in [-0.2, -0.15) is 0 Å². The molecule has 0 saturated carbocycles. The van der Waals surface area contributed by atoms with Crippen LogP contribution in [0.1, 0.15) is 95.6 Å². The number of unbranched alkanes of at least 4 members (excludes halogenated alkanes) is 9. The van der Waals surface area contributed by atoms with Crippen LogP contribution in [0.5, 0.6) is 5.75 Å². The molecule has 3 heteroatoms. The lowest BCUT2D eigenvalue weighted by Crippen LogP contribution is -2.14. The number of ether oxygens (including phenoxy) is 2. The van der Waals surface area contributed by atoms with Gasteiger partial charge in [0.1, 0.15) is 5.75 Å². The Kier molecular flexibility index (Phi) is 14.3. The maximum Gasteiger partial charge on any atom is 0.308 e. The number of carbonyl (C=O) groups is 1. The molecule has 0 N–H and O–H groups in total. The highest BCUT2D eigenvalue weighted by Gasteiger charge is 2.10. The maximum absolute atomic E-state index is 11.6.